The van der Waals surface area contributed by atoms with Crippen LogP contribution < -0.4 is 5.73 Å². The van der Waals surface area contributed by atoms with Crippen LogP contribution in [0, 0.1) is 0 Å². The highest BCUT2D eigenvalue weighted by Crippen LogP contribution is 2.13. The van der Waals surface area contributed by atoms with Crippen LogP contribution in [0.25, 0.3) is 11.4 Å². The summed E-state index contributed by atoms with van der Waals surface area (Å²) in [6, 6.07) is 7.86. The summed E-state index contributed by atoms with van der Waals surface area (Å²) < 4.78 is 0. The van der Waals surface area contributed by atoms with Crippen LogP contribution in [0.1, 0.15) is 12.5 Å². The number of aromatic nitrogens is 4. The van der Waals surface area contributed by atoms with Crippen LogP contribution >= 0.6 is 0 Å². The number of nitrogens with zero attached hydrogens (tertiary/aromatic N) is 4. The van der Waals surface area contributed by atoms with Gasteiger partial charge >= 0.3 is 0 Å². The second kappa shape index (κ2) is 4.18. The van der Waals surface area contributed by atoms with Crippen LogP contribution in [-0.4, -0.2) is 20.2 Å². The lowest BCUT2D eigenvalue weighted by Crippen LogP contribution is -1.98. The number of rotatable bonds is 3. The Balaban J connectivity index is 2.28. The summed E-state index contributed by atoms with van der Waals surface area (Å²) in [6.45, 7) is 3.26. The van der Waals surface area contributed by atoms with Crippen LogP contribution in [-0.2, 0) is 13.1 Å². The van der Waals surface area contributed by atoms with E-state index >= 15 is 0 Å². The molecule has 0 aliphatic rings. The Morgan fingerprint density at radius 3 is 2.53 bits per heavy atom. The third-order valence-electron chi connectivity index (χ3n) is 2.18. The van der Waals surface area contributed by atoms with Crippen molar-refractivity contribution in [3.63, 3.8) is 0 Å². The third-order valence-corrected chi connectivity index (χ3v) is 2.18. The summed E-state index contributed by atoms with van der Waals surface area (Å²) >= 11 is 0. The molecular weight excluding hydrogens is 190 g/mol. The minimum Gasteiger partial charge on any atom is -0.326 e. The fourth-order valence-electron chi connectivity index (χ4n) is 1.28. The van der Waals surface area contributed by atoms with Crippen LogP contribution in [0.3, 0.4) is 0 Å². The van der Waals surface area contributed by atoms with Gasteiger partial charge in [0.1, 0.15) is 0 Å². The fourth-order valence-corrected chi connectivity index (χ4v) is 1.28. The molecule has 0 aliphatic heterocycles. The van der Waals surface area contributed by atoms with Gasteiger partial charge < -0.3 is 5.73 Å². The first kappa shape index (κ1) is 9.79. The second-order valence-electron chi connectivity index (χ2n) is 3.20. The average molecular weight is 203 g/mol. The molecule has 0 unspecified atom stereocenters. The first-order valence-electron chi connectivity index (χ1n) is 4.90. The summed E-state index contributed by atoms with van der Waals surface area (Å²) in [4.78, 5) is 1.56. The van der Waals surface area contributed by atoms with Crippen molar-refractivity contribution in [2.75, 3.05) is 0 Å². The van der Waals surface area contributed by atoms with Gasteiger partial charge in [0.05, 0.1) is 6.54 Å². The zero-order chi connectivity index (χ0) is 10.7. The molecule has 78 valence electrons. The van der Waals surface area contributed by atoms with E-state index in [0.717, 1.165) is 17.7 Å². The maximum Gasteiger partial charge on any atom is 0.204 e. The van der Waals surface area contributed by atoms with Gasteiger partial charge in [-0.25, -0.2) is 0 Å². The minimum atomic E-state index is 0.551. The molecule has 1 heterocycles. The topological polar surface area (TPSA) is 69.6 Å². The van der Waals surface area contributed by atoms with E-state index in [9.17, 15) is 0 Å². The average Bonchev–Trinajstić information content (AvgIpc) is 2.78. The molecule has 5 heteroatoms. The molecule has 2 aromatic rings. The summed E-state index contributed by atoms with van der Waals surface area (Å²) in [5.74, 6) is 0.653. The van der Waals surface area contributed by atoms with Crippen LogP contribution in [0.5, 0.6) is 0 Å². The number of nitrogens with two attached hydrogens (primary N) is 1. The fraction of sp³-hybridized carbons (Fsp3) is 0.300. The van der Waals surface area contributed by atoms with Crippen molar-refractivity contribution in [3.05, 3.63) is 29.8 Å². The Labute approximate surface area is 87.9 Å². The molecule has 0 aliphatic carbocycles. The molecule has 1 aromatic heterocycles. The molecule has 0 saturated heterocycles. The quantitative estimate of drug-likeness (QED) is 0.801. The molecule has 15 heavy (non-hydrogen) atoms. The van der Waals surface area contributed by atoms with E-state index in [4.69, 9.17) is 5.73 Å². The van der Waals surface area contributed by atoms with Crippen molar-refractivity contribution in [1.29, 1.82) is 0 Å². The minimum absolute atomic E-state index is 0.551. The molecular formula is C10H13N5. The van der Waals surface area contributed by atoms with Crippen LogP contribution in [0.4, 0.5) is 0 Å². The first-order valence-corrected chi connectivity index (χ1v) is 4.90. The van der Waals surface area contributed by atoms with Gasteiger partial charge in [-0.15, -0.1) is 10.2 Å². The zero-order valence-electron chi connectivity index (χ0n) is 8.59. The van der Waals surface area contributed by atoms with Crippen molar-refractivity contribution < 1.29 is 0 Å². The summed E-state index contributed by atoms with van der Waals surface area (Å²) in [5.41, 5.74) is 7.58. The van der Waals surface area contributed by atoms with Crippen LogP contribution in [0.2, 0.25) is 0 Å². The zero-order valence-corrected chi connectivity index (χ0v) is 8.59. The molecule has 0 fully saturated rings. The molecule has 2 rings (SSSR count). The Bertz CT molecular complexity index is 431. The summed E-state index contributed by atoms with van der Waals surface area (Å²) in [7, 11) is 0. The maximum atomic E-state index is 5.52. The van der Waals surface area contributed by atoms with Crippen molar-refractivity contribution in [2.24, 2.45) is 5.73 Å². The number of hydrogen-bond donors (Lipinski definition) is 1. The first-order chi connectivity index (χ1) is 7.33. The molecule has 0 atom stereocenters. The van der Waals surface area contributed by atoms with Gasteiger partial charge in [0.15, 0.2) is 0 Å². The standard InChI is InChI=1S/C10H13N5/c1-2-15-13-10(12-14-15)9-5-3-8(7-11)4-6-9/h3-6H,2,7,11H2,1H3. The predicted octanol–water partition coefficient (Wildman–Crippen LogP) is 0.819. The van der Waals surface area contributed by atoms with E-state index in [1.54, 1.807) is 4.80 Å². The lowest BCUT2D eigenvalue weighted by atomic mass is 10.1. The van der Waals surface area contributed by atoms with Gasteiger partial charge in [-0.2, -0.15) is 4.80 Å². The Morgan fingerprint density at radius 2 is 2.00 bits per heavy atom. The monoisotopic (exact) mass is 203 g/mol. The molecule has 0 radical (unpaired) electrons. The molecule has 0 bridgehead atoms. The van der Waals surface area contributed by atoms with Crippen molar-refractivity contribution in [1.82, 2.24) is 20.2 Å². The smallest absolute Gasteiger partial charge is 0.204 e. The number of hydrogen-bond acceptors (Lipinski definition) is 4. The third kappa shape index (κ3) is 2.02. The normalized spacial score (nSPS) is 10.5. The Morgan fingerprint density at radius 1 is 1.27 bits per heavy atom. The predicted molar refractivity (Wildman–Crippen MR) is 56.8 cm³/mol. The van der Waals surface area contributed by atoms with E-state index in [1.807, 2.05) is 31.2 Å². The summed E-state index contributed by atoms with van der Waals surface area (Å²) in [6.07, 6.45) is 0. The molecule has 0 amide bonds. The Hall–Kier alpha value is -1.75. The second-order valence-corrected chi connectivity index (χ2v) is 3.20. The number of tetrazole rings is 1. The number of benzene rings is 1. The van der Waals surface area contributed by atoms with E-state index in [0.29, 0.717) is 12.4 Å². The van der Waals surface area contributed by atoms with Gasteiger partial charge in [-0.1, -0.05) is 24.3 Å². The van der Waals surface area contributed by atoms with Crippen molar-refractivity contribution in [2.45, 2.75) is 20.0 Å². The lowest BCUT2D eigenvalue weighted by molar-refractivity contribution is 0.553. The highest BCUT2D eigenvalue weighted by molar-refractivity contribution is 5.54. The van der Waals surface area contributed by atoms with E-state index < -0.39 is 0 Å². The van der Waals surface area contributed by atoms with E-state index in [2.05, 4.69) is 15.4 Å². The molecule has 0 saturated carbocycles. The maximum absolute atomic E-state index is 5.52. The lowest BCUT2D eigenvalue weighted by Gasteiger charge is -1.97. The van der Waals surface area contributed by atoms with E-state index in [1.165, 1.54) is 0 Å². The van der Waals surface area contributed by atoms with Gasteiger partial charge in [-0.05, 0) is 17.7 Å². The van der Waals surface area contributed by atoms with Crippen molar-refractivity contribution >= 4 is 0 Å². The SMILES string of the molecule is CCn1nnc(-c2ccc(CN)cc2)n1. The molecule has 2 N–H and O–H groups in total. The largest absolute Gasteiger partial charge is 0.326 e. The molecule has 5 nitrogen and oxygen atoms in total. The highest BCUT2D eigenvalue weighted by atomic mass is 15.6. The molecule has 0 spiro atoms. The van der Waals surface area contributed by atoms with Crippen LogP contribution in [0.15, 0.2) is 24.3 Å². The summed E-state index contributed by atoms with van der Waals surface area (Å²) in [5, 5.41) is 12.1. The van der Waals surface area contributed by atoms with Gasteiger partial charge in [0, 0.05) is 12.1 Å². The van der Waals surface area contributed by atoms with Gasteiger partial charge in [0.25, 0.3) is 0 Å². The number of aryl methyl sites for hydroxylation is 1. The highest BCUT2D eigenvalue weighted by Gasteiger charge is 2.04. The van der Waals surface area contributed by atoms with Gasteiger partial charge in [0.2, 0.25) is 5.82 Å². The Kier molecular flexibility index (Phi) is 2.73. The molecule has 1 aromatic carbocycles. The van der Waals surface area contributed by atoms with Gasteiger partial charge in [-0.3, -0.25) is 0 Å². The van der Waals surface area contributed by atoms with E-state index in [-0.39, 0.29) is 0 Å². The van der Waals surface area contributed by atoms with Crippen molar-refractivity contribution in [3.8, 4) is 11.4 Å².